The van der Waals surface area contributed by atoms with Crippen molar-refractivity contribution in [1.29, 1.82) is 0 Å². The van der Waals surface area contributed by atoms with Gasteiger partial charge in [0, 0.05) is 62.3 Å². The molecule has 48 heteroatoms. The Kier molecular flexibility index (Phi) is 47.9. The SMILES string of the molecule is CC(C)C[C@H](NC(=O)[C@H](CCCCN)NC(=O)[C@H](CCC(N)=O)NC(=O)[C@H](Cc1cnc[nH]1)NC(=O)[C@@H](N)Cc1cnc[nH]1)C(=O)N[C@H](C(=O)N[C@@H](Cc1ccccc1)C(=O)N[C@@H](Cc1ccccc1)C(=O)N[C@@H](C)C(=O)N[C@@H](CCC(=O)O)C(=O)N[C@@H](CC(=O)O)C(=O)N[C@H](C(=O)NCC(=O)N[C@@H](CO)C(=O)N[C@@H](CC(N)=O)C(=O)N[C@@H](CCCCN)C(=O)O)C(C)C)C(C)C. The molecule has 48 nitrogen and oxygen atoms in total. The van der Waals surface area contributed by atoms with Crippen LogP contribution in [0.4, 0.5) is 0 Å². The van der Waals surface area contributed by atoms with Crippen LogP contribution in [0.3, 0.4) is 0 Å². The number of hydrogen-bond donors (Lipinski definition) is 26. The number of H-pyrrole nitrogens is 2. The van der Waals surface area contributed by atoms with Crippen LogP contribution in [0.25, 0.3) is 0 Å². The number of benzene rings is 2. The van der Waals surface area contributed by atoms with Crippen molar-refractivity contribution in [3.05, 3.63) is 108 Å². The highest BCUT2D eigenvalue weighted by Crippen LogP contribution is 2.16. The van der Waals surface area contributed by atoms with Crippen molar-refractivity contribution in [2.45, 2.75) is 248 Å². The fourth-order valence-corrected chi connectivity index (χ4v) is 13.2. The molecule has 0 saturated heterocycles. The van der Waals surface area contributed by atoms with Crippen LogP contribution in [-0.2, 0) is 122 Å². The number of aliphatic hydroxyl groups is 1. The third-order valence-electron chi connectivity index (χ3n) is 20.4. The number of nitrogens with two attached hydrogens (primary N) is 5. The van der Waals surface area contributed by atoms with Gasteiger partial charge in [0.25, 0.3) is 0 Å². The third-order valence-corrected chi connectivity index (χ3v) is 20.4. The summed E-state index contributed by atoms with van der Waals surface area (Å²) >= 11 is 0. The fourth-order valence-electron chi connectivity index (χ4n) is 13.2. The van der Waals surface area contributed by atoms with Crippen LogP contribution in [0.2, 0.25) is 0 Å². The van der Waals surface area contributed by atoms with Gasteiger partial charge in [-0.25, -0.2) is 14.8 Å². The predicted octanol–water partition coefficient (Wildman–Crippen LogP) is -7.17. The lowest BCUT2D eigenvalue weighted by molar-refractivity contribution is -0.143. The van der Waals surface area contributed by atoms with E-state index in [1.807, 2.05) is 0 Å². The number of nitrogens with one attached hydrogen (secondary N) is 17. The van der Waals surface area contributed by atoms with Gasteiger partial charge in [-0.2, -0.15) is 0 Å². The molecule has 2 heterocycles. The van der Waals surface area contributed by atoms with Gasteiger partial charge in [-0.15, -0.1) is 0 Å². The van der Waals surface area contributed by atoms with E-state index in [4.69, 9.17) is 28.7 Å². The molecule has 2 aromatic heterocycles. The predicted molar refractivity (Wildman–Crippen MR) is 470 cm³/mol. The number of aliphatic hydroxyl groups excluding tert-OH is 1. The molecule has 132 heavy (non-hydrogen) atoms. The van der Waals surface area contributed by atoms with Crippen molar-refractivity contribution in [2.75, 3.05) is 26.2 Å². The van der Waals surface area contributed by atoms with Crippen molar-refractivity contribution in [2.24, 2.45) is 46.4 Å². The molecule has 0 spiro atoms. The van der Waals surface area contributed by atoms with Crippen LogP contribution in [-0.4, -0.2) is 276 Å². The summed E-state index contributed by atoms with van der Waals surface area (Å²) < 4.78 is 0. The minimum absolute atomic E-state index is 0.00738. The lowest BCUT2D eigenvalue weighted by atomic mass is 9.98. The molecule has 0 unspecified atom stereocenters. The van der Waals surface area contributed by atoms with Crippen molar-refractivity contribution in [1.82, 2.24) is 99.7 Å². The molecule has 0 saturated carbocycles. The molecule has 4 aromatic rings. The zero-order valence-corrected chi connectivity index (χ0v) is 74.6. The van der Waals surface area contributed by atoms with E-state index in [9.17, 15) is 112 Å². The number of aromatic nitrogens is 4. The largest absolute Gasteiger partial charge is 0.481 e. The summed E-state index contributed by atoms with van der Waals surface area (Å²) in [5, 5.41) is 75.8. The number of rotatable bonds is 62. The molecule has 0 aliphatic rings. The summed E-state index contributed by atoms with van der Waals surface area (Å²) in [6.45, 7) is 8.87. The number of carboxylic acid groups (broad SMARTS) is 3. The highest BCUT2D eigenvalue weighted by Gasteiger charge is 2.40. The summed E-state index contributed by atoms with van der Waals surface area (Å²) in [5.74, 6) is -24.5. The van der Waals surface area contributed by atoms with E-state index < -0.39 is 266 Å². The molecular formula is C84H126N24O24. The number of aromatic amines is 2. The topological polar surface area (TPSA) is 790 Å². The Balaban J connectivity index is 1.55. The first kappa shape index (κ1) is 110. The Hall–Kier alpha value is -13.9. The third kappa shape index (κ3) is 40.4. The minimum atomic E-state index is -2.09. The maximum Gasteiger partial charge on any atom is 0.326 e. The summed E-state index contributed by atoms with van der Waals surface area (Å²) in [5.41, 5.74) is 30.2. The van der Waals surface area contributed by atoms with Crippen LogP contribution in [0.5, 0.6) is 0 Å². The quantitative estimate of drug-likeness (QED) is 0.0183. The Bertz CT molecular complexity index is 4530. The number of carbonyl (C=O) groups excluding carboxylic acids is 17. The first-order valence-electron chi connectivity index (χ1n) is 43.0. The van der Waals surface area contributed by atoms with Crippen LogP contribution in [0, 0.1) is 17.8 Å². The van der Waals surface area contributed by atoms with Crippen molar-refractivity contribution >= 4 is 118 Å². The van der Waals surface area contributed by atoms with Crippen LogP contribution < -0.4 is 108 Å². The number of nitrogens with zero attached hydrogens (tertiary/aromatic N) is 2. The second-order valence-electron chi connectivity index (χ2n) is 32.6. The number of imidazole rings is 2. The number of unbranched alkanes of at least 4 members (excludes halogenated alkanes) is 2. The van der Waals surface area contributed by atoms with E-state index in [2.05, 4.69) is 99.7 Å². The molecule has 2 aromatic carbocycles. The standard InChI is InChI=1S/C84H126N24O24/c1-43(2)30-56(102-72(119)52(22-14-16-28-85)98-73(120)53(24-26-63(88)110)99-77(124)59(34-50-38-91-42-94-50)101-71(118)51(87)33-49-37-90-41-93-49)79(126)108-69(45(5)6)83(130)106-58(32-48-20-12-9-13-21-48)76(123)103-57(31-47-18-10-8-11-19-47)75(122)95-46(7)70(117)97-54(25-27-66(113)114)74(121)105-61(36-67(115)116)80(127)107-68(44(3)4)82(129)92-39-65(112)96-62(40-109)81(128)104-60(35-64(89)111)78(125)100-55(84(131)132)23-15-17-29-86/h8-13,18-21,37-38,41-46,51-62,68-69,109H,14-17,22-36,39-40,85-87H2,1-7H3,(H2,88,110)(H2,89,111)(H,90,93)(H,91,94)(H,92,129)(H,95,122)(H,96,112)(H,97,117)(H,98,120)(H,99,124)(H,100,125)(H,101,118)(H,102,119)(H,103,123)(H,104,128)(H,105,121)(H,106,130)(H,107,127)(H,108,126)(H,113,114)(H,115,116)(H,131,132)/t46-,51-,52-,53-,54-,55-,56-,57-,58-,59-,60-,61-,62-,68-,69-/m0/s1. The smallest absolute Gasteiger partial charge is 0.326 e. The highest BCUT2D eigenvalue weighted by atomic mass is 16.4. The van der Waals surface area contributed by atoms with Crippen LogP contribution >= 0.6 is 0 Å². The molecule has 0 radical (unpaired) electrons. The molecule has 0 bridgehead atoms. The lowest BCUT2D eigenvalue weighted by Gasteiger charge is -2.30. The van der Waals surface area contributed by atoms with Crippen LogP contribution in [0.15, 0.2) is 85.7 Å². The van der Waals surface area contributed by atoms with E-state index in [1.165, 1.54) is 38.9 Å². The normalized spacial score (nSPS) is 14.6. The summed E-state index contributed by atoms with van der Waals surface area (Å²) in [4.78, 5) is 286. The van der Waals surface area contributed by atoms with Gasteiger partial charge in [0.2, 0.25) is 100 Å². The number of primary amides is 2. The Morgan fingerprint density at radius 3 is 1.21 bits per heavy atom. The maximum atomic E-state index is 15.0. The number of carboxylic acids is 3. The Morgan fingerprint density at radius 2 is 0.758 bits per heavy atom. The molecule has 0 aliphatic heterocycles. The summed E-state index contributed by atoms with van der Waals surface area (Å²) in [7, 11) is 0. The number of carbonyl (C=O) groups is 20. The van der Waals surface area contributed by atoms with E-state index in [-0.39, 0.29) is 83.2 Å². The molecule has 0 fully saturated rings. The molecule has 726 valence electrons. The molecule has 15 atom stereocenters. The van der Waals surface area contributed by atoms with E-state index >= 15 is 4.79 Å². The first-order valence-corrected chi connectivity index (χ1v) is 43.0. The van der Waals surface area contributed by atoms with Gasteiger partial charge in [0.1, 0.15) is 84.6 Å². The fraction of sp³-hybridized carbons (Fsp3) is 0.548. The number of aliphatic carboxylic acids is 3. The molecule has 0 aliphatic carbocycles. The molecule has 31 N–H and O–H groups in total. The van der Waals surface area contributed by atoms with Crippen LogP contribution in [0.1, 0.15) is 154 Å². The van der Waals surface area contributed by atoms with Gasteiger partial charge in [-0.1, -0.05) is 102 Å². The zero-order valence-electron chi connectivity index (χ0n) is 74.6. The van der Waals surface area contributed by atoms with Crippen molar-refractivity contribution in [3.8, 4) is 0 Å². The lowest BCUT2D eigenvalue weighted by Crippen LogP contribution is -2.62. The molecule has 17 amide bonds. The first-order chi connectivity index (χ1) is 62.4. The molecule has 4 rings (SSSR count). The van der Waals surface area contributed by atoms with Crippen molar-refractivity contribution < 1.29 is 116 Å². The van der Waals surface area contributed by atoms with Gasteiger partial charge < -0.3 is 139 Å². The maximum absolute atomic E-state index is 15.0. The average Bonchev–Trinajstić information content (AvgIpc) is 1.12. The van der Waals surface area contributed by atoms with Gasteiger partial charge in [-0.3, -0.25) is 91.1 Å². The van der Waals surface area contributed by atoms with E-state index in [0.717, 1.165) is 6.92 Å². The summed E-state index contributed by atoms with van der Waals surface area (Å²) in [6, 6.07) is -7.69. The number of amides is 17. The number of hydrogen-bond acceptors (Lipinski definition) is 26. The van der Waals surface area contributed by atoms with Gasteiger partial charge in [0.05, 0.1) is 44.7 Å². The second-order valence-corrected chi connectivity index (χ2v) is 32.6. The van der Waals surface area contributed by atoms with Gasteiger partial charge in [-0.05, 0) is 107 Å². The van der Waals surface area contributed by atoms with Gasteiger partial charge in [0.15, 0.2) is 0 Å². The van der Waals surface area contributed by atoms with E-state index in [0.29, 0.717) is 35.4 Å². The van der Waals surface area contributed by atoms with E-state index in [1.54, 1.807) is 88.4 Å². The molecular weight excluding hydrogens is 1730 g/mol. The monoisotopic (exact) mass is 1850 g/mol. The second kappa shape index (κ2) is 57.2. The van der Waals surface area contributed by atoms with Crippen molar-refractivity contribution in [3.63, 3.8) is 0 Å². The summed E-state index contributed by atoms with van der Waals surface area (Å²) in [6.07, 6.45) is 1.55. The highest BCUT2D eigenvalue weighted by molar-refractivity contribution is 6.02. The minimum Gasteiger partial charge on any atom is -0.481 e. The average molecular weight is 1860 g/mol. The van der Waals surface area contributed by atoms with Gasteiger partial charge >= 0.3 is 17.9 Å². The Morgan fingerprint density at radius 1 is 0.371 bits per heavy atom. The zero-order chi connectivity index (χ0) is 98.4. The Labute approximate surface area is 760 Å².